The van der Waals surface area contributed by atoms with Crippen LogP contribution in [-0.4, -0.2) is 24.7 Å². The first-order valence-electron chi connectivity index (χ1n) is 7.85. The smallest absolute Gasteiger partial charge is 0.238 e. The van der Waals surface area contributed by atoms with Gasteiger partial charge in [-0.1, -0.05) is 30.3 Å². The average molecular weight is 358 g/mol. The molecule has 0 spiro atoms. The number of aryl methyl sites for hydroxylation is 1. The minimum absolute atomic E-state index is 0.112. The number of primary sulfonamides is 1. The Morgan fingerprint density at radius 2 is 1.60 bits per heavy atom. The van der Waals surface area contributed by atoms with E-state index in [0.29, 0.717) is 0 Å². The Hall–Kier alpha value is -2.41. The molecule has 6 heteroatoms. The van der Waals surface area contributed by atoms with Crippen molar-refractivity contribution in [2.24, 2.45) is 5.14 Å². The van der Waals surface area contributed by atoms with Crippen LogP contribution < -0.4 is 5.14 Å². The SMILES string of the molecule is CCO.Cc1cc(-c2ccccc2)n(-c2ccc(S(N)(=O)=O)cc2)c1. The van der Waals surface area contributed by atoms with Crippen LogP contribution in [0.2, 0.25) is 0 Å². The number of nitrogens with zero attached hydrogens (tertiary/aromatic N) is 1. The number of benzene rings is 2. The number of hydrogen-bond acceptors (Lipinski definition) is 3. The largest absolute Gasteiger partial charge is 0.397 e. The first-order chi connectivity index (χ1) is 11.9. The fourth-order valence-corrected chi connectivity index (χ4v) is 2.95. The van der Waals surface area contributed by atoms with Crippen molar-refractivity contribution < 1.29 is 13.5 Å². The fraction of sp³-hybridized carbons (Fsp3) is 0.158. The molecule has 0 aliphatic carbocycles. The van der Waals surface area contributed by atoms with Crippen LogP contribution in [0.3, 0.4) is 0 Å². The Morgan fingerprint density at radius 3 is 2.12 bits per heavy atom. The van der Waals surface area contributed by atoms with Gasteiger partial charge in [-0.05, 0) is 55.3 Å². The first kappa shape index (κ1) is 18.9. The highest BCUT2D eigenvalue weighted by atomic mass is 32.2. The van der Waals surface area contributed by atoms with E-state index in [2.05, 4.69) is 6.07 Å². The highest BCUT2D eigenvalue weighted by Gasteiger charge is 2.10. The Balaban J connectivity index is 0.000000701. The van der Waals surface area contributed by atoms with Gasteiger partial charge in [-0.15, -0.1) is 0 Å². The molecule has 0 saturated carbocycles. The van der Waals surface area contributed by atoms with Crippen LogP contribution in [0, 0.1) is 6.92 Å². The third kappa shape index (κ3) is 4.79. The summed E-state index contributed by atoms with van der Waals surface area (Å²) in [5.41, 5.74) is 4.18. The zero-order valence-electron chi connectivity index (χ0n) is 14.3. The highest BCUT2D eigenvalue weighted by Crippen LogP contribution is 2.26. The predicted octanol–water partition coefficient (Wildman–Crippen LogP) is 3.10. The molecule has 0 aliphatic rings. The molecule has 1 aromatic heterocycles. The lowest BCUT2D eigenvalue weighted by Crippen LogP contribution is -2.12. The molecule has 2 aromatic carbocycles. The molecule has 3 N–H and O–H groups in total. The Labute approximate surface area is 148 Å². The molecule has 0 fully saturated rings. The van der Waals surface area contributed by atoms with Crippen molar-refractivity contribution in [3.8, 4) is 16.9 Å². The van der Waals surface area contributed by atoms with Crippen LogP contribution in [0.1, 0.15) is 12.5 Å². The van der Waals surface area contributed by atoms with E-state index in [0.717, 1.165) is 22.5 Å². The summed E-state index contributed by atoms with van der Waals surface area (Å²) in [5, 5.41) is 12.7. The second-order valence-corrected chi connectivity index (χ2v) is 7.06. The van der Waals surface area contributed by atoms with Crippen LogP contribution in [0.25, 0.3) is 16.9 Å². The normalized spacial score (nSPS) is 10.9. The van der Waals surface area contributed by atoms with Crippen LogP contribution in [0.5, 0.6) is 0 Å². The molecular weight excluding hydrogens is 336 g/mol. The summed E-state index contributed by atoms with van der Waals surface area (Å²) in [7, 11) is -3.67. The summed E-state index contributed by atoms with van der Waals surface area (Å²) >= 11 is 0. The van der Waals surface area contributed by atoms with Gasteiger partial charge in [-0.2, -0.15) is 0 Å². The molecule has 0 saturated heterocycles. The number of rotatable bonds is 3. The maximum absolute atomic E-state index is 11.3. The van der Waals surface area contributed by atoms with Gasteiger partial charge in [0.2, 0.25) is 10.0 Å². The van der Waals surface area contributed by atoms with Crippen molar-refractivity contribution in [3.05, 3.63) is 72.4 Å². The van der Waals surface area contributed by atoms with Crippen molar-refractivity contribution in [3.63, 3.8) is 0 Å². The van der Waals surface area contributed by atoms with Gasteiger partial charge in [0, 0.05) is 18.5 Å². The molecule has 0 unspecified atom stereocenters. The van der Waals surface area contributed by atoms with Gasteiger partial charge in [-0.25, -0.2) is 13.6 Å². The third-order valence-electron chi connectivity index (χ3n) is 3.47. The summed E-state index contributed by atoms with van der Waals surface area (Å²) in [6.45, 7) is 3.96. The quantitative estimate of drug-likeness (QED) is 0.754. The van der Waals surface area contributed by atoms with Gasteiger partial charge < -0.3 is 9.67 Å². The van der Waals surface area contributed by atoms with E-state index in [-0.39, 0.29) is 11.5 Å². The summed E-state index contributed by atoms with van der Waals surface area (Å²) < 4.78 is 24.7. The molecule has 3 rings (SSSR count). The maximum atomic E-state index is 11.3. The molecule has 3 aromatic rings. The standard InChI is InChI=1S/C17H16N2O2S.C2H6O/c1-13-11-17(14-5-3-2-4-6-14)19(12-13)15-7-9-16(10-8-15)22(18,20)21;1-2-3/h2-12H,1H3,(H2,18,20,21);3H,2H2,1H3. The van der Waals surface area contributed by atoms with Crippen LogP contribution in [0.15, 0.2) is 71.8 Å². The number of aliphatic hydroxyl groups is 1. The molecule has 132 valence electrons. The van der Waals surface area contributed by atoms with Gasteiger partial charge in [0.15, 0.2) is 0 Å². The van der Waals surface area contributed by atoms with E-state index in [1.54, 1.807) is 19.1 Å². The minimum Gasteiger partial charge on any atom is -0.397 e. The Kier molecular flexibility index (Phi) is 6.14. The van der Waals surface area contributed by atoms with Gasteiger partial charge in [-0.3, -0.25) is 0 Å². The van der Waals surface area contributed by atoms with Crippen LogP contribution >= 0.6 is 0 Å². The second-order valence-electron chi connectivity index (χ2n) is 5.49. The van der Waals surface area contributed by atoms with E-state index >= 15 is 0 Å². The predicted molar refractivity (Wildman–Crippen MR) is 100 cm³/mol. The Morgan fingerprint density at radius 1 is 1.04 bits per heavy atom. The van der Waals surface area contributed by atoms with Crippen molar-refractivity contribution in [1.82, 2.24) is 4.57 Å². The minimum atomic E-state index is -3.67. The zero-order valence-corrected chi connectivity index (χ0v) is 15.1. The monoisotopic (exact) mass is 358 g/mol. The second kappa shape index (κ2) is 8.11. The van der Waals surface area contributed by atoms with E-state index in [1.165, 1.54) is 12.1 Å². The number of aromatic nitrogens is 1. The average Bonchev–Trinajstić information content (AvgIpc) is 2.98. The van der Waals surface area contributed by atoms with E-state index < -0.39 is 10.0 Å². The van der Waals surface area contributed by atoms with Crippen molar-refractivity contribution in [2.75, 3.05) is 6.61 Å². The van der Waals surface area contributed by atoms with Crippen molar-refractivity contribution in [2.45, 2.75) is 18.7 Å². The summed E-state index contributed by atoms with van der Waals surface area (Å²) in [4.78, 5) is 0.112. The molecule has 0 aliphatic heterocycles. The number of sulfonamides is 1. The van der Waals surface area contributed by atoms with E-state index in [4.69, 9.17) is 10.2 Å². The summed E-state index contributed by atoms with van der Waals surface area (Å²) in [5.74, 6) is 0. The molecule has 0 radical (unpaired) electrons. The number of aliphatic hydroxyl groups excluding tert-OH is 1. The van der Waals surface area contributed by atoms with Gasteiger partial charge in [0.05, 0.1) is 10.6 Å². The lowest BCUT2D eigenvalue weighted by atomic mass is 10.1. The fourth-order valence-electron chi connectivity index (χ4n) is 2.44. The zero-order chi connectivity index (χ0) is 18.4. The lowest BCUT2D eigenvalue weighted by Gasteiger charge is -2.10. The molecule has 1 heterocycles. The molecule has 25 heavy (non-hydrogen) atoms. The highest BCUT2D eigenvalue weighted by molar-refractivity contribution is 7.89. The molecule has 0 bridgehead atoms. The van der Waals surface area contributed by atoms with Crippen molar-refractivity contribution >= 4 is 10.0 Å². The van der Waals surface area contributed by atoms with Crippen LogP contribution in [-0.2, 0) is 10.0 Å². The molecule has 0 amide bonds. The van der Waals surface area contributed by atoms with Gasteiger partial charge in [0.1, 0.15) is 0 Å². The Bertz CT molecular complexity index is 915. The number of nitrogens with two attached hydrogens (primary N) is 1. The molecular formula is C19H22N2O3S. The molecule has 0 atom stereocenters. The van der Waals surface area contributed by atoms with Crippen molar-refractivity contribution in [1.29, 1.82) is 0 Å². The first-order valence-corrected chi connectivity index (χ1v) is 9.40. The molecule has 5 nitrogen and oxygen atoms in total. The lowest BCUT2D eigenvalue weighted by molar-refractivity contribution is 0.318. The van der Waals surface area contributed by atoms with Crippen LogP contribution in [0.4, 0.5) is 0 Å². The summed E-state index contributed by atoms with van der Waals surface area (Å²) in [6, 6.07) is 18.7. The summed E-state index contributed by atoms with van der Waals surface area (Å²) in [6.07, 6.45) is 2.02. The van der Waals surface area contributed by atoms with E-state index in [9.17, 15) is 8.42 Å². The maximum Gasteiger partial charge on any atom is 0.238 e. The number of hydrogen-bond donors (Lipinski definition) is 2. The third-order valence-corrected chi connectivity index (χ3v) is 4.40. The van der Waals surface area contributed by atoms with Gasteiger partial charge in [0.25, 0.3) is 0 Å². The van der Waals surface area contributed by atoms with E-state index in [1.807, 2.05) is 48.0 Å². The topological polar surface area (TPSA) is 85.3 Å². The van der Waals surface area contributed by atoms with Gasteiger partial charge >= 0.3 is 0 Å².